The van der Waals surface area contributed by atoms with Gasteiger partial charge >= 0.3 is 0 Å². The lowest BCUT2D eigenvalue weighted by Crippen LogP contribution is -2.53. The Morgan fingerprint density at radius 2 is 1.74 bits per heavy atom. The van der Waals surface area contributed by atoms with Crippen molar-refractivity contribution in [1.82, 2.24) is 19.6 Å². The van der Waals surface area contributed by atoms with Crippen molar-refractivity contribution in [2.24, 2.45) is 0 Å². The summed E-state index contributed by atoms with van der Waals surface area (Å²) in [6, 6.07) is 3.21. The summed E-state index contributed by atoms with van der Waals surface area (Å²) in [6.07, 6.45) is 0. The molecule has 0 aliphatic carbocycles. The molecule has 0 aromatic carbocycles. The average Bonchev–Trinajstić information content (AvgIpc) is 3.08. The van der Waals surface area contributed by atoms with Crippen molar-refractivity contribution in [3.63, 3.8) is 0 Å². The van der Waals surface area contributed by atoms with Crippen molar-refractivity contribution in [3.05, 3.63) is 22.6 Å². The van der Waals surface area contributed by atoms with Crippen LogP contribution in [0.3, 0.4) is 0 Å². The Labute approximate surface area is 168 Å². The van der Waals surface area contributed by atoms with Crippen molar-refractivity contribution in [2.75, 3.05) is 59.4 Å². The van der Waals surface area contributed by atoms with Gasteiger partial charge in [-0.15, -0.1) is 0 Å². The Morgan fingerprint density at radius 1 is 1.11 bits per heavy atom. The fourth-order valence-electron chi connectivity index (χ4n) is 3.02. The first-order valence-electron chi connectivity index (χ1n) is 9.14. The molecule has 1 fully saturated rings. The van der Waals surface area contributed by atoms with Crippen LogP contribution in [0.5, 0.6) is 0 Å². The molecule has 1 aromatic heterocycles. The molecule has 1 aliphatic heterocycles. The third kappa shape index (κ3) is 5.80. The smallest absolute Gasteiger partial charge is 0.289 e. The quantitative estimate of drug-likeness (QED) is 0.632. The van der Waals surface area contributed by atoms with Gasteiger partial charge in [-0.3, -0.25) is 19.3 Å². The second-order valence-electron chi connectivity index (χ2n) is 6.49. The maximum atomic E-state index is 12.5. The molecule has 2 heterocycles. The van der Waals surface area contributed by atoms with Gasteiger partial charge < -0.3 is 19.1 Å². The molecule has 0 bridgehead atoms. The molecule has 150 valence electrons. The Kier molecular flexibility index (Phi) is 7.85. The zero-order valence-electron chi connectivity index (χ0n) is 16.1. The van der Waals surface area contributed by atoms with Gasteiger partial charge in [-0.2, -0.15) is 0 Å². The number of hydrogen-bond acceptors (Lipinski definition) is 5. The van der Waals surface area contributed by atoms with Crippen LogP contribution in [0.15, 0.2) is 21.2 Å². The number of carbonyl (C=O) groups is 3. The van der Waals surface area contributed by atoms with Crippen molar-refractivity contribution >= 4 is 33.7 Å². The van der Waals surface area contributed by atoms with Gasteiger partial charge in [0.15, 0.2) is 10.4 Å². The van der Waals surface area contributed by atoms with Crippen LogP contribution in [0.2, 0.25) is 0 Å². The number of carbonyl (C=O) groups excluding carboxylic acids is 3. The lowest BCUT2D eigenvalue weighted by atomic mass is 10.3. The fraction of sp³-hybridized carbons (Fsp3) is 0.611. The molecular formula is C18H27BrN4O4. The van der Waals surface area contributed by atoms with Gasteiger partial charge in [0.1, 0.15) is 0 Å². The Hall–Kier alpha value is -1.87. The second-order valence-corrected chi connectivity index (χ2v) is 7.27. The zero-order valence-corrected chi connectivity index (χ0v) is 17.7. The molecule has 1 aromatic rings. The number of hydrogen-bond donors (Lipinski definition) is 0. The van der Waals surface area contributed by atoms with E-state index < -0.39 is 0 Å². The number of likely N-dealkylation sites (N-methyl/N-ethyl adjacent to an activating group) is 2. The number of piperazine rings is 1. The van der Waals surface area contributed by atoms with E-state index in [0.717, 1.165) is 0 Å². The van der Waals surface area contributed by atoms with Gasteiger partial charge in [-0.25, -0.2) is 0 Å². The molecule has 0 spiro atoms. The standard InChI is InChI=1S/C18H27BrN4O4/c1-4-22(5-2)17(25)13-21-8-10-23(11-9-21)16(24)12-20(3)18(26)14-6-7-15(19)27-14/h6-7H,4-5,8-13H2,1-3H3. The molecule has 0 unspecified atom stereocenters. The third-order valence-electron chi connectivity index (χ3n) is 4.70. The van der Waals surface area contributed by atoms with Crippen molar-refractivity contribution < 1.29 is 18.8 Å². The van der Waals surface area contributed by atoms with E-state index in [1.807, 2.05) is 18.7 Å². The highest BCUT2D eigenvalue weighted by Gasteiger charge is 2.26. The maximum Gasteiger partial charge on any atom is 0.289 e. The highest BCUT2D eigenvalue weighted by atomic mass is 79.9. The third-order valence-corrected chi connectivity index (χ3v) is 5.13. The Morgan fingerprint density at radius 3 is 2.26 bits per heavy atom. The van der Waals surface area contributed by atoms with E-state index in [-0.39, 0.29) is 30.0 Å². The first-order valence-corrected chi connectivity index (χ1v) is 9.93. The first kappa shape index (κ1) is 21.4. The van der Waals surface area contributed by atoms with Gasteiger partial charge in [-0.05, 0) is 41.9 Å². The summed E-state index contributed by atoms with van der Waals surface area (Å²) in [4.78, 5) is 43.9. The zero-order chi connectivity index (χ0) is 20.0. The Bertz CT molecular complexity index is 666. The number of halogens is 1. The summed E-state index contributed by atoms with van der Waals surface area (Å²) in [5, 5.41) is 0. The van der Waals surface area contributed by atoms with Crippen molar-refractivity contribution in [1.29, 1.82) is 0 Å². The van der Waals surface area contributed by atoms with Crippen LogP contribution in [-0.4, -0.2) is 96.7 Å². The summed E-state index contributed by atoms with van der Waals surface area (Å²) < 4.78 is 5.71. The summed E-state index contributed by atoms with van der Waals surface area (Å²) >= 11 is 3.16. The molecular weight excluding hydrogens is 416 g/mol. The van der Waals surface area contributed by atoms with E-state index in [1.54, 1.807) is 24.1 Å². The molecule has 3 amide bonds. The lowest BCUT2D eigenvalue weighted by molar-refractivity contribution is -0.135. The average molecular weight is 443 g/mol. The Balaban J connectivity index is 1.79. The lowest BCUT2D eigenvalue weighted by Gasteiger charge is -2.35. The van der Waals surface area contributed by atoms with Crippen LogP contribution in [0.25, 0.3) is 0 Å². The van der Waals surface area contributed by atoms with E-state index in [1.165, 1.54) is 4.90 Å². The SMILES string of the molecule is CCN(CC)C(=O)CN1CCN(C(=O)CN(C)C(=O)c2ccc(Br)o2)CC1. The monoisotopic (exact) mass is 442 g/mol. The van der Waals surface area contributed by atoms with Crippen LogP contribution < -0.4 is 0 Å². The van der Waals surface area contributed by atoms with Gasteiger partial charge in [0.05, 0.1) is 13.1 Å². The number of rotatable bonds is 7. The van der Waals surface area contributed by atoms with E-state index in [2.05, 4.69) is 20.8 Å². The molecule has 9 heteroatoms. The first-order chi connectivity index (χ1) is 12.8. The molecule has 8 nitrogen and oxygen atoms in total. The molecule has 1 aliphatic rings. The summed E-state index contributed by atoms with van der Waals surface area (Å²) in [5.41, 5.74) is 0. The van der Waals surface area contributed by atoms with Gasteiger partial charge in [0.2, 0.25) is 11.8 Å². The van der Waals surface area contributed by atoms with E-state index in [0.29, 0.717) is 50.5 Å². The normalized spacial score (nSPS) is 14.9. The van der Waals surface area contributed by atoms with Gasteiger partial charge in [0, 0.05) is 46.3 Å². The summed E-state index contributed by atoms with van der Waals surface area (Å²) in [6.45, 7) is 8.15. The summed E-state index contributed by atoms with van der Waals surface area (Å²) in [7, 11) is 1.58. The molecule has 27 heavy (non-hydrogen) atoms. The summed E-state index contributed by atoms with van der Waals surface area (Å²) in [5.74, 6) is -0.129. The molecule has 0 N–H and O–H groups in total. The van der Waals surface area contributed by atoms with Crippen LogP contribution in [-0.2, 0) is 9.59 Å². The van der Waals surface area contributed by atoms with E-state index in [4.69, 9.17) is 4.42 Å². The van der Waals surface area contributed by atoms with Crippen molar-refractivity contribution in [3.8, 4) is 0 Å². The molecule has 1 saturated heterocycles. The van der Waals surface area contributed by atoms with Crippen LogP contribution in [0.4, 0.5) is 0 Å². The molecule has 0 atom stereocenters. The highest BCUT2D eigenvalue weighted by Crippen LogP contribution is 2.15. The minimum atomic E-state index is -0.336. The van der Waals surface area contributed by atoms with Crippen LogP contribution >= 0.6 is 15.9 Å². The molecule has 2 rings (SSSR count). The van der Waals surface area contributed by atoms with E-state index in [9.17, 15) is 14.4 Å². The topological polar surface area (TPSA) is 77.3 Å². The minimum absolute atomic E-state index is 0.00443. The predicted octanol–water partition coefficient (Wildman–Crippen LogP) is 1.13. The van der Waals surface area contributed by atoms with Crippen LogP contribution in [0.1, 0.15) is 24.4 Å². The number of nitrogens with zero attached hydrogens (tertiary/aromatic N) is 4. The minimum Gasteiger partial charge on any atom is -0.444 e. The second kappa shape index (κ2) is 9.89. The maximum absolute atomic E-state index is 12.5. The van der Waals surface area contributed by atoms with Crippen LogP contribution in [0, 0.1) is 0 Å². The number of furan rings is 1. The highest BCUT2D eigenvalue weighted by molar-refractivity contribution is 9.10. The van der Waals surface area contributed by atoms with Gasteiger partial charge in [-0.1, -0.05) is 0 Å². The number of amides is 3. The van der Waals surface area contributed by atoms with Gasteiger partial charge in [0.25, 0.3) is 5.91 Å². The molecule has 0 saturated carbocycles. The predicted molar refractivity (Wildman–Crippen MR) is 104 cm³/mol. The van der Waals surface area contributed by atoms with E-state index >= 15 is 0 Å². The van der Waals surface area contributed by atoms with Crippen molar-refractivity contribution in [2.45, 2.75) is 13.8 Å². The molecule has 0 radical (unpaired) electrons. The largest absolute Gasteiger partial charge is 0.444 e. The fourth-order valence-corrected chi connectivity index (χ4v) is 3.32.